The number of carbonyl (C=O) groups excluding carboxylic acids is 1. The molecule has 3 N–H and O–H groups in total. The molecule has 2 fully saturated rings. The third kappa shape index (κ3) is 4.66. The van der Waals surface area contributed by atoms with Crippen LogP contribution in [0.4, 0.5) is 19.3 Å². The fourth-order valence-corrected chi connectivity index (χ4v) is 3.10. The van der Waals surface area contributed by atoms with Gasteiger partial charge in [-0.05, 0) is 43.7 Å². The summed E-state index contributed by atoms with van der Waals surface area (Å²) < 4.78 is 26.7. The Morgan fingerprint density at radius 1 is 1.24 bits per heavy atom. The van der Waals surface area contributed by atoms with E-state index in [0.717, 1.165) is 25.5 Å². The number of aliphatic carboxylic acids is 1. The number of urea groups is 1. The minimum atomic E-state index is -1.10. The Labute approximate surface area is 144 Å². The largest absolute Gasteiger partial charge is 0.480 e. The molecule has 3 rings (SSSR count). The molecule has 8 heteroatoms. The van der Waals surface area contributed by atoms with Crippen molar-refractivity contribution in [1.82, 2.24) is 10.2 Å². The molecule has 0 aliphatic heterocycles. The van der Waals surface area contributed by atoms with Crippen LogP contribution in [-0.4, -0.2) is 47.2 Å². The number of nitrogens with zero attached hydrogens (tertiary/aromatic N) is 1. The molecule has 136 valence electrons. The summed E-state index contributed by atoms with van der Waals surface area (Å²) >= 11 is 0. The van der Waals surface area contributed by atoms with Gasteiger partial charge in [0.2, 0.25) is 0 Å². The molecule has 0 aromatic heterocycles. The van der Waals surface area contributed by atoms with E-state index in [1.165, 1.54) is 12.1 Å². The van der Waals surface area contributed by atoms with Crippen molar-refractivity contribution in [3.8, 4) is 0 Å². The van der Waals surface area contributed by atoms with E-state index in [1.54, 1.807) is 0 Å². The first-order valence-corrected chi connectivity index (χ1v) is 8.39. The highest BCUT2D eigenvalue weighted by Crippen LogP contribution is 2.33. The van der Waals surface area contributed by atoms with Crippen molar-refractivity contribution in [3.05, 3.63) is 29.8 Å². The van der Waals surface area contributed by atoms with Crippen LogP contribution < -0.4 is 10.6 Å². The number of anilines is 1. The van der Waals surface area contributed by atoms with Crippen LogP contribution in [-0.2, 0) is 4.79 Å². The van der Waals surface area contributed by atoms with Gasteiger partial charge in [0, 0.05) is 18.6 Å². The summed E-state index contributed by atoms with van der Waals surface area (Å²) in [6, 6.07) is 3.01. The van der Waals surface area contributed by atoms with E-state index >= 15 is 0 Å². The van der Waals surface area contributed by atoms with Crippen LogP contribution in [0.25, 0.3) is 0 Å². The smallest absolute Gasteiger partial charge is 0.319 e. The van der Waals surface area contributed by atoms with Crippen LogP contribution in [0.15, 0.2) is 18.2 Å². The molecule has 0 spiro atoms. The van der Waals surface area contributed by atoms with Gasteiger partial charge in [-0.1, -0.05) is 6.07 Å². The second-order valence-electron chi connectivity index (χ2n) is 6.79. The minimum Gasteiger partial charge on any atom is -0.480 e. The van der Waals surface area contributed by atoms with E-state index < -0.39 is 23.6 Å². The zero-order valence-electron chi connectivity index (χ0n) is 13.7. The molecule has 2 saturated carbocycles. The average molecular weight is 353 g/mol. The van der Waals surface area contributed by atoms with Gasteiger partial charge in [0.15, 0.2) is 11.6 Å². The predicted molar refractivity (Wildman–Crippen MR) is 87.3 cm³/mol. The Hall–Kier alpha value is -2.22. The maximum atomic E-state index is 13.5. The molecule has 25 heavy (non-hydrogen) atoms. The minimum absolute atomic E-state index is 0.00852. The fraction of sp³-hybridized carbons (Fsp3) is 0.529. The lowest BCUT2D eigenvalue weighted by atomic mass is 9.85. The molecule has 0 atom stereocenters. The Balaban J connectivity index is 1.46. The highest BCUT2D eigenvalue weighted by molar-refractivity contribution is 5.89. The number of nitrogens with one attached hydrogen (secondary N) is 2. The zero-order valence-corrected chi connectivity index (χ0v) is 13.7. The van der Waals surface area contributed by atoms with Gasteiger partial charge in [0.1, 0.15) is 0 Å². The van der Waals surface area contributed by atoms with Gasteiger partial charge in [-0.2, -0.15) is 0 Å². The summed E-state index contributed by atoms with van der Waals surface area (Å²) in [5.74, 6) is -2.38. The van der Waals surface area contributed by atoms with Crippen molar-refractivity contribution >= 4 is 17.7 Å². The van der Waals surface area contributed by atoms with E-state index in [1.807, 2.05) is 4.90 Å². The predicted octanol–water partition coefficient (Wildman–Crippen LogP) is 2.41. The van der Waals surface area contributed by atoms with Gasteiger partial charge in [-0.3, -0.25) is 9.69 Å². The maximum Gasteiger partial charge on any atom is 0.319 e. The van der Waals surface area contributed by atoms with Crippen LogP contribution in [0.2, 0.25) is 0 Å². The molecular formula is C17H21F2N3O3. The highest BCUT2D eigenvalue weighted by Gasteiger charge is 2.37. The molecule has 2 aliphatic carbocycles. The van der Waals surface area contributed by atoms with Crippen molar-refractivity contribution in [2.75, 3.05) is 18.4 Å². The van der Waals surface area contributed by atoms with E-state index in [-0.39, 0.29) is 24.3 Å². The second kappa shape index (κ2) is 7.35. The summed E-state index contributed by atoms with van der Waals surface area (Å²) in [5, 5.41) is 14.0. The number of hydrogen-bond acceptors (Lipinski definition) is 3. The number of carbonyl (C=O) groups is 2. The van der Waals surface area contributed by atoms with Crippen molar-refractivity contribution in [1.29, 1.82) is 0 Å². The Kier molecular flexibility index (Phi) is 5.17. The molecule has 2 amide bonds. The number of carboxylic acid groups (broad SMARTS) is 1. The topological polar surface area (TPSA) is 81.7 Å². The van der Waals surface area contributed by atoms with Crippen LogP contribution >= 0.6 is 0 Å². The molecule has 0 heterocycles. The molecule has 6 nitrogen and oxygen atoms in total. The normalized spacial score (nSPS) is 22.4. The third-order valence-corrected chi connectivity index (χ3v) is 4.69. The molecule has 0 bridgehead atoms. The number of amides is 2. The van der Waals surface area contributed by atoms with Gasteiger partial charge < -0.3 is 15.7 Å². The summed E-state index contributed by atoms with van der Waals surface area (Å²) in [7, 11) is 0. The molecular weight excluding hydrogens is 332 g/mol. The van der Waals surface area contributed by atoms with Gasteiger partial charge in [0.25, 0.3) is 0 Å². The molecule has 0 saturated heterocycles. The van der Waals surface area contributed by atoms with Crippen molar-refractivity contribution in [3.63, 3.8) is 0 Å². The molecule has 0 unspecified atom stereocenters. The fourth-order valence-electron chi connectivity index (χ4n) is 3.10. The Morgan fingerprint density at radius 3 is 2.60 bits per heavy atom. The van der Waals surface area contributed by atoms with Gasteiger partial charge >= 0.3 is 12.0 Å². The molecule has 1 aromatic carbocycles. The number of carboxylic acids is 1. The van der Waals surface area contributed by atoms with Crippen molar-refractivity contribution < 1.29 is 23.5 Å². The average Bonchev–Trinajstić information content (AvgIpc) is 3.30. The zero-order chi connectivity index (χ0) is 18.0. The maximum absolute atomic E-state index is 13.5. The first-order valence-electron chi connectivity index (χ1n) is 8.39. The van der Waals surface area contributed by atoms with E-state index in [9.17, 15) is 18.4 Å². The second-order valence-corrected chi connectivity index (χ2v) is 6.79. The highest BCUT2D eigenvalue weighted by atomic mass is 19.2. The van der Waals surface area contributed by atoms with Crippen LogP contribution in [0.3, 0.4) is 0 Å². The first kappa shape index (κ1) is 17.6. The van der Waals surface area contributed by atoms with Crippen molar-refractivity contribution in [2.24, 2.45) is 5.92 Å². The first-order chi connectivity index (χ1) is 11.9. The number of halogens is 2. The van der Waals surface area contributed by atoms with E-state index in [2.05, 4.69) is 10.6 Å². The SMILES string of the molecule is O=C(O)CN(CC1CC1)C1CC(NC(=O)Nc2cccc(F)c2F)C1. The Bertz CT molecular complexity index is 661. The summed E-state index contributed by atoms with van der Waals surface area (Å²) in [6.07, 6.45) is 3.59. The Morgan fingerprint density at radius 2 is 1.96 bits per heavy atom. The standard InChI is InChI=1S/C17H21F2N3O3/c18-13-2-1-3-14(16(13)19)21-17(25)20-11-6-12(7-11)22(9-15(23)24)8-10-4-5-10/h1-3,10-12H,4-9H2,(H,23,24)(H2,20,21,25). The van der Waals surface area contributed by atoms with Gasteiger partial charge in [-0.25, -0.2) is 13.6 Å². The lowest BCUT2D eigenvalue weighted by molar-refractivity contribution is -0.139. The molecule has 2 aliphatic rings. The lowest BCUT2D eigenvalue weighted by Gasteiger charge is -2.42. The van der Waals surface area contributed by atoms with Crippen LogP contribution in [0.5, 0.6) is 0 Å². The summed E-state index contributed by atoms with van der Waals surface area (Å²) in [4.78, 5) is 24.9. The van der Waals surface area contributed by atoms with Crippen LogP contribution in [0, 0.1) is 17.6 Å². The number of benzene rings is 1. The molecule has 0 radical (unpaired) electrons. The van der Waals surface area contributed by atoms with E-state index in [0.29, 0.717) is 18.8 Å². The van der Waals surface area contributed by atoms with Gasteiger partial charge in [0.05, 0.1) is 12.2 Å². The van der Waals surface area contributed by atoms with Gasteiger partial charge in [-0.15, -0.1) is 0 Å². The third-order valence-electron chi connectivity index (χ3n) is 4.69. The lowest BCUT2D eigenvalue weighted by Crippen LogP contribution is -2.55. The van der Waals surface area contributed by atoms with E-state index in [4.69, 9.17) is 5.11 Å². The number of hydrogen-bond donors (Lipinski definition) is 3. The molecule has 1 aromatic rings. The van der Waals surface area contributed by atoms with Crippen molar-refractivity contribution in [2.45, 2.75) is 37.8 Å². The van der Waals surface area contributed by atoms with Crippen LogP contribution in [0.1, 0.15) is 25.7 Å². The monoisotopic (exact) mass is 353 g/mol. The summed E-state index contributed by atoms with van der Waals surface area (Å²) in [6.45, 7) is 0.791. The summed E-state index contributed by atoms with van der Waals surface area (Å²) in [5.41, 5.74) is -0.213. The number of rotatable bonds is 7. The quantitative estimate of drug-likeness (QED) is 0.703.